The lowest BCUT2D eigenvalue weighted by Gasteiger charge is -2.42. The Hall–Kier alpha value is -0.430. The minimum atomic E-state index is -0.307. The first-order valence-corrected chi connectivity index (χ1v) is 8.91. The summed E-state index contributed by atoms with van der Waals surface area (Å²) in [4.78, 5) is 9.37. The molecule has 1 fully saturated rings. The third-order valence-corrected chi connectivity index (χ3v) is 5.12. The number of halogens is 1. The molecule has 2 rings (SSSR count). The molecule has 118 valence electrons. The van der Waals surface area contributed by atoms with Gasteiger partial charge in [-0.2, -0.15) is 0 Å². The van der Waals surface area contributed by atoms with Gasteiger partial charge in [-0.1, -0.05) is 13.8 Å². The van der Waals surface area contributed by atoms with Crippen LogP contribution in [0.2, 0.25) is 0 Å². The highest BCUT2D eigenvalue weighted by Crippen LogP contribution is 2.46. The standard InChI is InChI=1S/C16H26IN3O/c1-5-18-13-12(17)11-19-14(20-13)16(21-6-2)9-7-15(3,4)8-10-16/h11H,5-10H2,1-4H3,(H,18,19,20). The van der Waals surface area contributed by atoms with Crippen molar-refractivity contribution in [1.82, 2.24) is 9.97 Å². The number of nitrogens with one attached hydrogen (secondary N) is 1. The summed E-state index contributed by atoms with van der Waals surface area (Å²) in [6.07, 6.45) is 6.21. The monoisotopic (exact) mass is 403 g/mol. The average molecular weight is 403 g/mol. The minimum Gasteiger partial charge on any atom is -0.369 e. The number of aromatic nitrogens is 2. The average Bonchev–Trinajstić information content (AvgIpc) is 2.44. The highest BCUT2D eigenvalue weighted by Gasteiger charge is 2.42. The lowest BCUT2D eigenvalue weighted by Crippen LogP contribution is -2.39. The third-order valence-electron chi connectivity index (χ3n) is 4.33. The Morgan fingerprint density at radius 1 is 1.24 bits per heavy atom. The Morgan fingerprint density at radius 2 is 1.90 bits per heavy atom. The third kappa shape index (κ3) is 3.86. The van der Waals surface area contributed by atoms with Crippen molar-refractivity contribution in [3.63, 3.8) is 0 Å². The normalized spacial score (nSPS) is 20.2. The fourth-order valence-electron chi connectivity index (χ4n) is 2.92. The summed E-state index contributed by atoms with van der Waals surface area (Å²) in [6.45, 7) is 10.4. The molecule has 1 N–H and O–H groups in total. The molecule has 1 aliphatic carbocycles. The number of hydrogen-bond acceptors (Lipinski definition) is 4. The second-order valence-corrected chi connectivity index (χ2v) is 7.67. The van der Waals surface area contributed by atoms with Gasteiger partial charge in [0.05, 0.1) is 3.57 Å². The maximum absolute atomic E-state index is 6.17. The maximum atomic E-state index is 6.17. The van der Waals surface area contributed by atoms with E-state index in [-0.39, 0.29) is 5.60 Å². The van der Waals surface area contributed by atoms with Crippen LogP contribution in [-0.4, -0.2) is 23.1 Å². The molecule has 0 spiro atoms. The molecule has 1 aliphatic rings. The molecule has 4 nitrogen and oxygen atoms in total. The van der Waals surface area contributed by atoms with Crippen LogP contribution in [0.4, 0.5) is 5.82 Å². The van der Waals surface area contributed by atoms with Gasteiger partial charge in [-0.25, -0.2) is 9.97 Å². The maximum Gasteiger partial charge on any atom is 0.162 e. The Balaban J connectivity index is 2.32. The predicted octanol–water partition coefficient (Wildman–Crippen LogP) is 4.35. The Bertz CT molecular complexity index is 480. The smallest absolute Gasteiger partial charge is 0.162 e. The first-order chi connectivity index (χ1) is 9.92. The summed E-state index contributed by atoms with van der Waals surface area (Å²) in [5.41, 5.74) is 0.0904. The van der Waals surface area contributed by atoms with Gasteiger partial charge in [0, 0.05) is 19.3 Å². The van der Waals surface area contributed by atoms with Gasteiger partial charge < -0.3 is 10.1 Å². The SMILES string of the molecule is CCNc1nc(C2(OCC)CCC(C)(C)CC2)ncc1I. The van der Waals surface area contributed by atoms with E-state index in [0.717, 1.165) is 47.4 Å². The number of hydrogen-bond donors (Lipinski definition) is 1. The second-order valence-electron chi connectivity index (χ2n) is 6.51. The molecule has 0 amide bonds. The largest absolute Gasteiger partial charge is 0.369 e. The Kier molecular flexibility index (Phi) is 5.46. The van der Waals surface area contributed by atoms with Gasteiger partial charge >= 0.3 is 0 Å². The lowest BCUT2D eigenvalue weighted by molar-refractivity contribution is -0.0947. The van der Waals surface area contributed by atoms with E-state index in [1.54, 1.807) is 0 Å². The topological polar surface area (TPSA) is 47.0 Å². The molecule has 5 heteroatoms. The molecule has 0 radical (unpaired) electrons. The molecule has 0 aliphatic heterocycles. The molecule has 1 heterocycles. The van der Waals surface area contributed by atoms with E-state index in [1.807, 2.05) is 6.20 Å². The van der Waals surface area contributed by atoms with Crippen LogP contribution in [0.1, 0.15) is 59.2 Å². The van der Waals surface area contributed by atoms with Crippen LogP contribution in [-0.2, 0) is 10.3 Å². The van der Waals surface area contributed by atoms with Gasteiger partial charge in [-0.3, -0.25) is 0 Å². The van der Waals surface area contributed by atoms with Crippen molar-refractivity contribution in [2.24, 2.45) is 5.41 Å². The van der Waals surface area contributed by atoms with E-state index < -0.39 is 0 Å². The van der Waals surface area contributed by atoms with Crippen LogP contribution in [0.15, 0.2) is 6.20 Å². The van der Waals surface area contributed by atoms with Crippen LogP contribution >= 0.6 is 22.6 Å². The predicted molar refractivity (Wildman–Crippen MR) is 94.5 cm³/mol. The van der Waals surface area contributed by atoms with Crippen LogP contribution in [0.3, 0.4) is 0 Å². The summed E-state index contributed by atoms with van der Waals surface area (Å²) < 4.78 is 7.22. The van der Waals surface area contributed by atoms with E-state index in [0.29, 0.717) is 12.0 Å². The van der Waals surface area contributed by atoms with Crippen molar-refractivity contribution >= 4 is 28.4 Å². The molecule has 21 heavy (non-hydrogen) atoms. The zero-order chi connectivity index (χ0) is 15.5. The molecule has 1 saturated carbocycles. The molecular weight excluding hydrogens is 377 g/mol. The van der Waals surface area contributed by atoms with Crippen molar-refractivity contribution in [1.29, 1.82) is 0 Å². The molecule has 0 unspecified atom stereocenters. The molecule has 0 saturated heterocycles. The zero-order valence-electron chi connectivity index (χ0n) is 13.5. The summed E-state index contributed by atoms with van der Waals surface area (Å²) in [5.74, 6) is 1.77. The zero-order valence-corrected chi connectivity index (χ0v) is 15.7. The van der Waals surface area contributed by atoms with Crippen molar-refractivity contribution in [2.45, 2.75) is 59.0 Å². The molecular formula is C16H26IN3O. The van der Waals surface area contributed by atoms with Crippen molar-refractivity contribution < 1.29 is 4.74 Å². The van der Waals surface area contributed by atoms with Gasteiger partial charge in [0.1, 0.15) is 11.4 Å². The number of anilines is 1. The van der Waals surface area contributed by atoms with Gasteiger partial charge in [0.25, 0.3) is 0 Å². The number of rotatable bonds is 5. The second kappa shape index (κ2) is 6.77. The van der Waals surface area contributed by atoms with Gasteiger partial charge in [-0.05, 0) is 67.5 Å². The molecule has 1 aromatic rings. The van der Waals surface area contributed by atoms with Gasteiger partial charge in [0.2, 0.25) is 0 Å². The van der Waals surface area contributed by atoms with Crippen molar-refractivity contribution in [2.75, 3.05) is 18.5 Å². The molecule has 0 atom stereocenters. The number of nitrogens with zero attached hydrogens (tertiary/aromatic N) is 2. The summed E-state index contributed by atoms with van der Waals surface area (Å²) >= 11 is 2.27. The highest BCUT2D eigenvalue weighted by atomic mass is 127. The molecule has 0 aromatic carbocycles. The van der Waals surface area contributed by atoms with Crippen LogP contribution in [0, 0.1) is 8.99 Å². The van der Waals surface area contributed by atoms with Crippen LogP contribution < -0.4 is 5.32 Å². The summed E-state index contributed by atoms with van der Waals surface area (Å²) in [7, 11) is 0. The number of ether oxygens (including phenoxy) is 1. The summed E-state index contributed by atoms with van der Waals surface area (Å²) in [5, 5.41) is 3.32. The van der Waals surface area contributed by atoms with Gasteiger partial charge in [0.15, 0.2) is 5.82 Å². The Morgan fingerprint density at radius 3 is 2.48 bits per heavy atom. The molecule has 0 bridgehead atoms. The first kappa shape index (κ1) is 16.9. The lowest BCUT2D eigenvalue weighted by atomic mass is 9.70. The minimum absolute atomic E-state index is 0.307. The van der Waals surface area contributed by atoms with Crippen LogP contribution in [0.5, 0.6) is 0 Å². The summed E-state index contributed by atoms with van der Waals surface area (Å²) in [6, 6.07) is 0. The fourth-order valence-corrected chi connectivity index (χ4v) is 3.37. The Labute approximate surface area is 141 Å². The van der Waals surface area contributed by atoms with Crippen molar-refractivity contribution in [3.05, 3.63) is 15.6 Å². The van der Waals surface area contributed by atoms with Crippen molar-refractivity contribution in [3.8, 4) is 0 Å². The highest BCUT2D eigenvalue weighted by molar-refractivity contribution is 14.1. The van der Waals surface area contributed by atoms with E-state index in [4.69, 9.17) is 9.72 Å². The first-order valence-electron chi connectivity index (χ1n) is 7.83. The van der Waals surface area contributed by atoms with E-state index in [2.05, 4.69) is 60.6 Å². The quantitative estimate of drug-likeness (QED) is 0.743. The molecule has 1 aromatic heterocycles. The van der Waals surface area contributed by atoms with E-state index >= 15 is 0 Å². The van der Waals surface area contributed by atoms with Crippen LogP contribution in [0.25, 0.3) is 0 Å². The van der Waals surface area contributed by atoms with E-state index in [1.165, 1.54) is 0 Å². The fraction of sp³-hybridized carbons (Fsp3) is 0.750. The van der Waals surface area contributed by atoms with E-state index in [9.17, 15) is 0 Å². The van der Waals surface area contributed by atoms with Gasteiger partial charge in [-0.15, -0.1) is 0 Å².